The van der Waals surface area contributed by atoms with Crippen molar-refractivity contribution in [2.24, 2.45) is 5.92 Å². The second-order valence-corrected chi connectivity index (χ2v) is 7.05. The molecule has 150 valence electrons. The Hall–Kier alpha value is -3.49. The number of rotatable bonds is 5. The van der Waals surface area contributed by atoms with Crippen molar-refractivity contribution in [1.29, 1.82) is 0 Å². The van der Waals surface area contributed by atoms with Crippen molar-refractivity contribution in [2.45, 2.75) is 19.4 Å². The molecule has 2 N–H and O–H groups in total. The van der Waals surface area contributed by atoms with Crippen LogP contribution in [-0.2, 0) is 11.3 Å². The Bertz CT molecular complexity index is 1120. The number of fused-ring (bicyclic) bond motifs is 1. The van der Waals surface area contributed by atoms with Crippen molar-refractivity contribution in [3.05, 3.63) is 63.4 Å². The molecule has 4 rings (SSSR count). The van der Waals surface area contributed by atoms with Gasteiger partial charge in [0.25, 0.3) is 0 Å². The minimum Gasteiger partial charge on any atom is -0.354 e. The molecule has 1 aliphatic rings. The maximum Gasteiger partial charge on any atom is 0.316 e. The lowest BCUT2D eigenvalue weighted by Gasteiger charge is -2.31. The normalized spacial score (nSPS) is 16.7. The molecule has 0 saturated carbocycles. The van der Waals surface area contributed by atoms with Crippen LogP contribution in [0.15, 0.2) is 52.3 Å². The van der Waals surface area contributed by atoms with Crippen molar-refractivity contribution >= 4 is 22.9 Å². The van der Waals surface area contributed by atoms with Crippen LogP contribution in [0.3, 0.4) is 0 Å². The number of benzene rings is 1. The summed E-state index contributed by atoms with van der Waals surface area (Å²) in [4.78, 5) is 49.9. The molecule has 9 nitrogen and oxygen atoms in total. The van der Waals surface area contributed by atoms with E-state index in [9.17, 15) is 14.4 Å². The van der Waals surface area contributed by atoms with Gasteiger partial charge in [0.2, 0.25) is 11.9 Å². The van der Waals surface area contributed by atoms with Crippen molar-refractivity contribution < 1.29 is 4.79 Å². The number of para-hydroxylation sites is 2. The Morgan fingerprint density at radius 3 is 2.79 bits per heavy atom. The summed E-state index contributed by atoms with van der Waals surface area (Å²) in [7, 11) is 0. The number of hydrogen-bond acceptors (Lipinski definition) is 6. The molecule has 29 heavy (non-hydrogen) atoms. The molecule has 1 saturated heterocycles. The van der Waals surface area contributed by atoms with Crippen molar-refractivity contribution in [3.63, 3.8) is 0 Å². The third-order valence-corrected chi connectivity index (χ3v) is 5.14. The first kappa shape index (κ1) is 18.9. The van der Waals surface area contributed by atoms with E-state index in [1.807, 2.05) is 4.90 Å². The molecule has 1 atom stereocenters. The fourth-order valence-electron chi connectivity index (χ4n) is 3.71. The molecule has 1 amide bonds. The van der Waals surface area contributed by atoms with Crippen LogP contribution in [0.1, 0.15) is 12.8 Å². The molecule has 0 radical (unpaired) electrons. The third-order valence-electron chi connectivity index (χ3n) is 5.14. The van der Waals surface area contributed by atoms with E-state index in [0.29, 0.717) is 23.5 Å². The number of hydrogen-bond donors (Lipinski definition) is 2. The van der Waals surface area contributed by atoms with Gasteiger partial charge in [-0.05, 0) is 31.0 Å². The van der Waals surface area contributed by atoms with Gasteiger partial charge in [-0.25, -0.2) is 9.97 Å². The molecule has 1 unspecified atom stereocenters. The fourth-order valence-corrected chi connectivity index (χ4v) is 3.71. The second-order valence-electron chi connectivity index (χ2n) is 7.05. The van der Waals surface area contributed by atoms with Gasteiger partial charge in [-0.1, -0.05) is 12.1 Å². The highest BCUT2D eigenvalue weighted by Crippen LogP contribution is 2.20. The third kappa shape index (κ3) is 4.03. The Labute approximate surface area is 166 Å². The lowest BCUT2D eigenvalue weighted by molar-refractivity contribution is -0.125. The van der Waals surface area contributed by atoms with Gasteiger partial charge >= 0.3 is 11.1 Å². The van der Waals surface area contributed by atoms with E-state index in [-0.39, 0.29) is 24.9 Å². The molecule has 0 aliphatic carbocycles. The summed E-state index contributed by atoms with van der Waals surface area (Å²) in [6.45, 7) is 1.88. The first-order valence-corrected chi connectivity index (χ1v) is 9.65. The smallest absolute Gasteiger partial charge is 0.316 e. The van der Waals surface area contributed by atoms with E-state index in [1.54, 1.807) is 42.7 Å². The molecular formula is C20H22N6O3. The Kier molecular flexibility index (Phi) is 5.37. The van der Waals surface area contributed by atoms with Crippen LogP contribution in [0.5, 0.6) is 0 Å². The average molecular weight is 394 g/mol. The number of aromatic amines is 1. The van der Waals surface area contributed by atoms with Crippen molar-refractivity contribution in [1.82, 2.24) is 24.8 Å². The predicted molar refractivity (Wildman–Crippen MR) is 109 cm³/mol. The number of aromatic nitrogens is 4. The molecule has 0 spiro atoms. The van der Waals surface area contributed by atoms with E-state index in [0.717, 1.165) is 19.4 Å². The van der Waals surface area contributed by atoms with Crippen molar-refractivity contribution in [3.8, 4) is 0 Å². The van der Waals surface area contributed by atoms with E-state index in [1.165, 1.54) is 4.57 Å². The molecule has 1 aliphatic heterocycles. The molecule has 3 heterocycles. The Morgan fingerprint density at radius 2 is 1.97 bits per heavy atom. The zero-order valence-electron chi connectivity index (χ0n) is 15.9. The van der Waals surface area contributed by atoms with Crippen LogP contribution in [-0.4, -0.2) is 45.1 Å². The highest BCUT2D eigenvalue weighted by atomic mass is 16.2. The summed E-state index contributed by atoms with van der Waals surface area (Å²) in [5, 5.41) is 2.91. The fraction of sp³-hybridized carbons (Fsp3) is 0.350. The molecular weight excluding hydrogens is 372 g/mol. The lowest BCUT2D eigenvalue weighted by atomic mass is 9.97. The van der Waals surface area contributed by atoms with Crippen LogP contribution in [0.2, 0.25) is 0 Å². The Balaban J connectivity index is 1.41. The second kappa shape index (κ2) is 8.26. The lowest BCUT2D eigenvalue weighted by Crippen LogP contribution is -2.45. The SMILES string of the molecule is O=C(NCCn1c(=O)c(=O)[nH]c2ccccc21)C1CCCN(c2ncccn2)C1. The highest BCUT2D eigenvalue weighted by Gasteiger charge is 2.26. The molecule has 3 aromatic rings. The molecule has 9 heteroatoms. The number of amides is 1. The first-order chi connectivity index (χ1) is 14.1. The predicted octanol–water partition coefficient (Wildman–Crippen LogP) is 0.513. The van der Waals surface area contributed by atoms with Crippen LogP contribution in [0, 0.1) is 5.92 Å². The summed E-state index contributed by atoms with van der Waals surface area (Å²) in [5.74, 6) is 0.402. The van der Waals surface area contributed by atoms with Crippen LogP contribution >= 0.6 is 0 Å². The molecule has 1 aromatic carbocycles. The highest BCUT2D eigenvalue weighted by molar-refractivity contribution is 5.79. The largest absolute Gasteiger partial charge is 0.354 e. The number of nitrogens with zero attached hydrogens (tertiary/aromatic N) is 4. The van der Waals surface area contributed by atoms with E-state index in [2.05, 4.69) is 20.3 Å². The summed E-state index contributed by atoms with van der Waals surface area (Å²) < 4.78 is 1.40. The summed E-state index contributed by atoms with van der Waals surface area (Å²) >= 11 is 0. The van der Waals surface area contributed by atoms with Gasteiger partial charge < -0.3 is 19.8 Å². The molecule has 0 bridgehead atoms. The number of piperidine rings is 1. The minimum atomic E-state index is -0.666. The number of carbonyl (C=O) groups is 1. The van der Waals surface area contributed by atoms with Gasteiger partial charge in [-0.15, -0.1) is 0 Å². The zero-order chi connectivity index (χ0) is 20.2. The number of nitrogens with one attached hydrogen (secondary N) is 2. The van der Waals surface area contributed by atoms with Gasteiger partial charge in [-0.3, -0.25) is 14.4 Å². The van der Waals surface area contributed by atoms with Crippen LogP contribution < -0.4 is 21.3 Å². The van der Waals surface area contributed by atoms with Gasteiger partial charge in [0.1, 0.15) is 0 Å². The maximum atomic E-state index is 12.6. The first-order valence-electron chi connectivity index (χ1n) is 9.65. The monoisotopic (exact) mass is 394 g/mol. The van der Waals surface area contributed by atoms with E-state index >= 15 is 0 Å². The summed E-state index contributed by atoms with van der Waals surface area (Å²) in [6.07, 6.45) is 5.06. The topological polar surface area (TPSA) is 113 Å². The van der Waals surface area contributed by atoms with E-state index in [4.69, 9.17) is 0 Å². The van der Waals surface area contributed by atoms with Crippen LogP contribution in [0.4, 0.5) is 5.95 Å². The zero-order valence-corrected chi connectivity index (χ0v) is 15.9. The number of anilines is 1. The average Bonchev–Trinajstić information content (AvgIpc) is 2.77. The van der Waals surface area contributed by atoms with Gasteiger partial charge in [0, 0.05) is 38.6 Å². The maximum absolute atomic E-state index is 12.6. The van der Waals surface area contributed by atoms with Gasteiger partial charge in [-0.2, -0.15) is 0 Å². The Morgan fingerprint density at radius 1 is 1.17 bits per heavy atom. The molecule has 1 fully saturated rings. The van der Waals surface area contributed by atoms with Crippen molar-refractivity contribution in [2.75, 3.05) is 24.5 Å². The van der Waals surface area contributed by atoms with E-state index < -0.39 is 11.1 Å². The summed E-state index contributed by atoms with van der Waals surface area (Å²) in [6, 6.07) is 8.87. The number of carbonyl (C=O) groups excluding carboxylic acids is 1. The van der Waals surface area contributed by atoms with Crippen LogP contribution in [0.25, 0.3) is 11.0 Å². The summed E-state index contributed by atoms with van der Waals surface area (Å²) in [5.41, 5.74) is -0.0607. The molecule has 2 aromatic heterocycles. The standard InChI is InChI=1S/C20H22N6O3/c27-17(14-5-3-11-25(13-14)20-22-8-4-9-23-20)21-10-12-26-16-7-2-1-6-15(16)24-18(28)19(26)29/h1-2,4,6-9,14H,3,5,10-13H2,(H,21,27)(H,24,28). The number of H-pyrrole nitrogens is 1. The minimum absolute atomic E-state index is 0.0622. The van der Waals surface area contributed by atoms with Gasteiger partial charge in [0.15, 0.2) is 0 Å². The quantitative estimate of drug-likeness (QED) is 0.610. The van der Waals surface area contributed by atoms with Gasteiger partial charge in [0.05, 0.1) is 17.0 Å².